The second-order valence-corrected chi connectivity index (χ2v) is 8.74. The first kappa shape index (κ1) is 19.3. The van der Waals surface area contributed by atoms with Crippen molar-refractivity contribution in [3.05, 3.63) is 64.1 Å². The van der Waals surface area contributed by atoms with Crippen molar-refractivity contribution in [1.29, 1.82) is 0 Å². The number of hydrogen-bond acceptors (Lipinski definition) is 5. The van der Waals surface area contributed by atoms with Gasteiger partial charge in [0.1, 0.15) is 11.9 Å². The summed E-state index contributed by atoms with van der Waals surface area (Å²) in [4.78, 5) is 11.9. The van der Waals surface area contributed by atoms with E-state index in [0.29, 0.717) is 11.9 Å². The normalized spacial score (nSPS) is 14.2. The molecule has 0 saturated carbocycles. The van der Waals surface area contributed by atoms with E-state index in [0.717, 1.165) is 33.0 Å². The Balaban J connectivity index is 1.40. The van der Waals surface area contributed by atoms with Crippen LogP contribution >= 0.6 is 39.5 Å². The minimum Gasteiger partial charge on any atom is -0.489 e. The smallest absolute Gasteiger partial charge is 0.250 e. The summed E-state index contributed by atoms with van der Waals surface area (Å²) < 4.78 is 6.89. The maximum atomic E-state index is 11.9. The van der Waals surface area contributed by atoms with E-state index >= 15 is 0 Å². The highest BCUT2D eigenvalue weighted by atomic mass is 79.9. The van der Waals surface area contributed by atoms with Crippen LogP contribution in [0, 0.1) is 0 Å². The fourth-order valence-electron chi connectivity index (χ4n) is 2.24. The summed E-state index contributed by atoms with van der Waals surface area (Å²) in [6.07, 6.45) is 1.95. The largest absolute Gasteiger partial charge is 0.489 e. The van der Waals surface area contributed by atoms with Crippen molar-refractivity contribution in [1.82, 2.24) is 5.43 Å². The molecule has 0 unspecified atom stereocenters. The number of amides is 1. The molecular formula is C19H19BrN2O2S2. The molecule has 0 spiro atoms. The van der Waals surface area contributed by atoms with E-state index in [4.69, 9.17) is 4.74 Å². The molecule has 4 nitrogen and oxygen atoms in total. The Bertz CT molecular complexity index is 782. The summed E-state index contributed by atoms with van der Waals surface area (Å²) in [6.45, 7) is 0. The molecule has 1 fully saturated rings. The van der Waals surface area contributed by atoms with E-state index in [2.05, 4.69) is 32.5 Å². The number of benzene rings is 2. The molecule has 0 bridgehead atoms. The van der Waals surface area contributed by atoms with E-state index < -0.39 is 0 Å². The van der Waals surface area contributed by atoms with Gasteiger partial charge in [-0.15, -0.1) is 11.8 Å². The van der Waals surface area contributed by atoms with Crippen LogP contribution in [0.1, 0.15) is 11.1 Å². The van der Waals surface area contributed by atoms with Crippen molar-refractivity contribution >= 4 is 51.6 Å². The van der Waals surface area contributed by atoms with Crippen LogP contribution in [-0.2, 0) is 10.5 Å². The summed E-state index contributed by atoms with van der Waals surface area (Å²) in [5, 5.41) is 4.03. The van der Waals surface area contributed by atoms with Gasteiger partial charge >= 0.3 is 0 Å². The molecule has 1 heterocycles. The summed E-state index contributed by atoms with van der Waals surface area (Å²) >= 11 is 6.89. The summed E-state index contributed by atoms with van der Waals surface area (Å²) in [6, 6.07) is 15.8. The topological polar surface area (TPSA) is 50.7 Å². The minimum absolute atomic E-state index is 0.111. The van der Waals surface area contributed by atoms with Gasteiger partial charge < -0.3 is 4.74 Å². The van der Waals surface area contributed by atoms with Crippen molar-refractivity contribution in [3.8, 4) is 5.75 Å². The number of ether oxygens (including phenoxy) is 1. The number of hydrazone groups is 1. The highest BCUT2D eigenvalue weighted by Gasteiger charge is 2.19. The van der Waals surface area contributed by atoms with Crippen molar-refractivity contribution in [2.24, 2.45) is 5.10 Å². The minimum atomic E-state index is -0.111. The summed E-state index contributed by atoms with van der Waals surface area (Å²) in [7, 11) is 0. The van der Waals surface area contributed by atoms with Crippen LogP contribution in [0.5, 0.6) is 5.75 Å². The molecule has 2 aromatic rings. The quantitative estimate of drug-likeness (QED) is 0.480. The summed E-state index contributed by atoms with van der Waals surface area (Å²) in [5.41, 5.74) is 4.65. The standard InChI is InChI=1S/C19H19BrN2O2S2/c20-16-5-1-4-15(7-16)10-25-13-19(23)22-21-9-14-3-2-6-17(8-14)24-18-11-26-12-18/h1-9,18H,10-13H2,(H,22,23)/b21-9-. The monoisotopic (exact) mass is 450 g/mol. The average Bonchev–Trinajstić information content (AvgIpc) is 2.59. The highest BCUT2D eigenvalue weighted by molar-refractivity contribution is 9.10. The third-order valence-electron chi connectivity index (χ3n) is 3.56. The van der Waals surface area contributed by atoms with Gasteiger partial charge in [0.25, 0.3) is 0 Å². The fraction of sp³-hybridized carbons (Fsp3) is 0.263. The molecule has 3 rings (SSSR count). The number of hydrogen-bond donors (Lipinski definition) is 1. The molecule has 7 heteroatoms. The van der Waals surface area contributed by atoms with E-state index in [1.54, 1.807) is 18.0 Å². The number of rotatable bonds is 8. The highest BCUT2D eigenvalue weighted by Crippen LogP contribution is 2.24. The molecule has 2 aromatic carbocycles. The molecule has 0 aliphatic carbocycles. The van der Waals surface area contributed by atoms with E-state index in [1.807, 2.05) is 54.2 Å². The Labute approximate surface area is 170 Å². The second kappa shape index (κ2) is 10.0. The van der Waals surface area contributed by atoms with Gasteiger partial charge in [0, 0.05) is 21.7 Å². The lowest BCUT2D eigenvalue weighted by atomic mass is 10.2. The SMILES string of the molecule is O=C(CSCc1cccc(Br)c1)N/N=C\c1cccc(OC2CSC2)c1. The zero-order valence-electron chi connectivity index (χ0n) is 14.1. The Kier molecular flexibility index (Phi) is 7.46. The number of nitrogens with one attached hydrogen (secondary N) is 1. The van der Waals surface area contributed by atoms with Crippen LogP contribution in [0.2, 0.25) is 0 Å². The van der Waals surface area contributed by atoms with Crippen LogP contribution in [0.3, 0.4) is 0 Å². The first-order valence-electron chi connectivity index (χ1n) is 8.17. The maximum Gasteiger partial charge on any atom is 0.250 e. The fourth-order valence-corrected chi connectivity index (χ4v) is 4.02. The second-order valence-electron chi connectivity index (χ2n) is 5.77. The van der Waals surface area contributed by atoms with Gasteiger partial charge in [-0.05, 0) is 35.4 Å². The van der Waals surface area contributed by atoms with Crippen LogP contribution in [0.15, 0.2) is 58.1 Å². The third-order valence-corrected chi connectivity index (χ3v) is 6.27. The molecule has 0 aromatic heterocycles. The number of carbonyl (C=O) groups is 1. The van der Waals surface area contributed by atoms with Crippen molar-refractivity contribution in [2.45, 2.75) is 11.9 Å². The van der Waals surface area contributed by atoms with E-state index in [9.17, 15) is 4.79 Å². The lowest BCUT2D eigenvalue weighted by molar-refractivity contribution is -0.118. The number of carbonyl (C=O) groups excluding carboxylic acids is 1. The number of nitrogens with zero attached hydrogens (tertiary/aromatic N) is 1. The van der Waals surface area contributed by atoms with Crippen LogP contribution in [0.4, 0.5) is 0 Å². The van der Waals surface area contributed by atoms with E-state index in [-0.39, 0.29) is 5.91 Å². The Hall–Kier alpha value is -1.44. The lowest BCUT2D eigenvalue weighted by Crippen LogP contribution is -2.31. The molecule has 1 aliphatic rings. The van der Waals surface area contributed by atoms with Crippen molar-refractivity contribution in [2.75, 3.05) is 17.3 Å². The predicted molar refractivity (Wildman–Crippen MR) is 114 cm³/mol. The molecule has 1 amide bonds. The first-order valence-corrected chi connectivity index (χ1v) is 11.3. The molecule has 1 aliphatic heterocycles. The zero-order valence-corrected chi connectivity index (χ0v) is 17.3. The van der Waals surface area contributed by atoms with Gasteiger partial charge in [0.2, 0.25) is 5.91 Å². The first-order chi connectivity index (χ1) is 12.7. The van der Waals surface area contributed by atoms with Crippen LogP contribution < -0.4 is 10.2 Å². The maximum absolute atomic E-state index is 11.9. The predicted octanol–water partition coefficient (Wildman–Crippen LogP) is 4.33. The molecule has 1 saturated heterocycles. The molecule has 136 valence electrons. The van der Waals surface area contributed by atoms with Gasteiger partial charge in [-0.2, -0.15) is 16.9 Å². The van der Waals surface area contributed by atoms with Gasteiger partial charge in [-0.1, -0.05) is 40.2 Å². The van der Waals surface area contributed by atoms with E-state index in [1.165, 1.54) is 5.56 Å². The van der Waals surface area contributed by atoms with Crippen molar-refractivity contribution in [3.63, 3.8) is 0 Å². The molecular weight excluding hydrogens is 432 g/mol. The number of thioether (sulfide) groups is 2. The Morgan fingerprint density at radius 3 is 2.92 bits per heavy atom. The average molecular weight is 451 g/mol. The van der Waals surface area contributed by atoms with Crippen molar-refractivity contribution < 1.29 is 9.53 Å². The Morgan fingerprint density at radius 2 is 2.15 bits per heavy atom. The van der Waals surface area contributed by atoms with Crippen LogP contribution in [-0.4, -0.2) is 35.5 Å². The molecule has 1 N–H and O–H groups in total. The summed E-state index contributed by atoms with van der Waals surface area (Å²) in [5.74, 6) is 3.98. The molecule has 26 heavy (non-hydrogen) atoms. The zero-order chi connectivity index (χ0) is 18.2. The van der Waals surface area contributed by atoms with Gasteiger partial charge in [0.15, 0.2) is 0 Å². The molecule has 0 atom stereocenters. The lowest BCUT2D eigenvalue weighted by Gasteiger charge is -2.25. The Morgan fingerprint density at radius 1 is 1.31 bits per heavy atom. The van der Waals surface area contributed by atoms with Gasteiger partial charge in [-0.25, -0.2) is 5.43 Å². The van der Waals surface area contributed by atoms with Crippen LogP contribution in [0.25, 0.3) is 0 Å². The number of halogens is 1. The third kappa shape index (κ3) is 6.37. The van der Waals surface area contributed by atoms with Gasteiger partial charge in [0.05, 0.1) is 12.0 Å². The molecule has 0 radical (unpaired) electrons. The van der Waals surface area contributed by atoms with Gasteiger partial charge in [-0.3, -0.25) is 4.79 Å².